The zero-order valence-corrected chi connectivity index (χ0v) is 61.3. The highest BCUT2D eigenvalue weighted by Gasteiger charge is 2.30. The summed E-state index contributed by atoms with van der Waals surface area (Å²) in [6.45, 7) is 14.1. The van der Waals surface area contributed by atoms with Gasteiger partial charge in [-0.05, 0) is 49.4 Å². The normalized spacial score (nSPS) is 14.5. The number of carbonyl (C=O) groups excluding carboxylic acids is 4. The highest BCUT2D eigenvalue weighted by Crippen LogP contribution is 2.45. The lowest BCUT2D eigenvalue weighted by atomic mass is 9.99. The van der Waals surface area contributed by atoms with Gasteiger partial charge in [0, 0.05) is 25.7 Å². The van der Waals surface area contributed by atoms with E-state index in [0.717, 1.165) is 115 Å². The van der Waals surface area contributed by atoms with Gasteiger partial charge in [-0.2, -0.15) is 0 Å². The number of phosphoric ester groups is 2. The Bertz CT molecular complexity index is 1800. The Kier molecular flexibility index (Phi) is 60.3. The van der Waals surface area contributed by atoms with Crippen LogP contribution < -0.4 is 0 Å². The minimum absolute atomic E-state index is 0.105. The van der Waals surface area contributed by atoms with Gasteiger partial charge in [0.1, 0.15) is 19.3 Å². The first kappa shape index (κ1) is 89.1. The van der Waals surface area contributed by atoms with Gasteiger partial charge >= 0.3 is 39.5 Å². The van der Waals surface area contributed by atoms with Gasteiger partial charge in [0.15, 0.2) is 12.2 Å². The lowest BCUT2D eigenvalue weighted by Crippen LogP contribution is -2.30. The Morgan fingerprint density at radius 2 is 0.527 bits per heavy atom. The molecule has 0 saturated heterocycles. The summed E-state index contributed by atoms with van der Waals surface area (Å²) in [4.78, 5) is 72.5. The molecule has 0 heterocycles. The fourth-order valence-electron chi connectivity index (χ4n) is 10.8. The first-order valence-electron chi connectivity index (χ1n) is 37.2. The van der Waals surface area contributed by atoms with Gasteiger partial charge in [0.05, 0.1) is 26.4 Å². The fraction of sp³-hybridized carbons (Fsp3) is 0.944. The third-order valence-electron chi connectivity index (χ3n) is 16.9. The van der Waals surface area contributed by atoms with Crippen LogP contribution in [0.15, 0.2) is 0 Å². The number of unbranched alkanes of at least 4 members (excludes halogenated alkanes) is 34. The van der Waals surface area contributed by atoms with Crippen molar-refractivity contribution < 1.29 is 80.2 Å². The molecule has 91 heavy (non-hydrogen) atoms. The monoisotopic (exact) mass is 1340 g/mol. The van der Waals surface area contributed by atoms with E-state index in [-0.39, 0.29) is 25.7 Å². The number of carbonyl (C=O) groups is 4. The van der Waals surface area contributed by atoms with E-state index in [2.05, 4.69) is 55.4 Å². The molecule has 0 fully saturated rings. The van der Waals surface area contributed by atoms with Gasteiger partial charge in [-0.1, -0.05) is 306 Å². The third kappa shape index (κ3) is 65.1. The van der Waals surface area contributed by atoms with Crippen LogP contribution in [0.25, 0.3) is 0 Å². The molecule has 0 saturated carbocycles. The second-order valence-electron chi connectivity index (χ2n) is 27.6. The van der Waals surface area contributed by atoms with Crippen molar-refractivity contribution >= 4 is 39.5 Å². The van der Waals surface area contributed by atoms with Gasteiger partial charge in [-0.25, -0.2) is 9.13 Å². The molecule has 3 N–H and O–H groups in total. The maximum absolute atomic E-state index is 13.0. The van der Waals surface area contributed by atoms with Crippen molar-refractivity contribution in [1.82, 2.24) is 0 Å². The number of hydrogen-bond donors (Lipinski definition) is 3. The van der Waals surface area contributed by atoms with Gasteiger partial charge in [0.25, 0.3) is 0 Å². The maximum atomic E-state index is 13.0. The second-order valence-corrected chi connectivity index (χ2v) is 30.6. The average Bonchev–Trinajstić information content (AvgIpc) is 3.43. The lowest BCUT2D eigenvalue weighted by molar-refractivity contribution is -0.161. The van der Waals surface area contributed by atoms with Crippen molar-refractivity contribution in [3.8, 4) is 0 Å². The number of esters is 4. The molecule has 19 heteroatoms. The molecule has 0 amide bonds. The zero-order chi connectivity index (χ0) is 67.5. The van der Waals surface area contributed by atoms with E-state index in [4.69, 9.17) is 37.0 Å². The summed E-state index contributed by atoms with van der Waals surface area (Å²) in [6.07, 6.45) is 44.7. The largest absolute Gasteiger partial charge is 0.472 e. The molecule has 0 aromatic heterocycles. The van der Waals surface area contributed by atoms with Gasteiger partial charge < -0.3 is 33.8 Å². The number of rotatable bonds is 69. The molecule has 0 aliphatic carbocycles. The zero-order valence-electron chi connectivity index (χ0n) is 59.5. The van der Waals surface area contributed by atoms with Crippen LogP contribution in [-0.2, 0) is 65.4 Å². The van der Waals surface area contributed by atoms with E-state index in [1.807, 2.05) is 0 Å². The van der Waals surface area contributed by atoms with E-state index >= 15 is 0 Å². The van der Waals surface area contributed by atoms with E-state index in [9.17, 15) is 43.2 Å². The predicted molar refractivity (Wildman–Crippen MR) is 367 cm³/mol. The van der Waals surface area contributed by atoms with Gasteiger partial charge in [0.2, 0.25) is 0 Å². The molecule has 0 radical (unpaired) electrons. The fourth-order valence-corrected chi connectivity index (χ4v) is 12.4. The molecule has 0 aromatic rings. The predicted octanol–water partition coefficient (Wildman–Crippen LogP) is 20.5. The van der Waals surface area contributed by atoms with Crippen LogP contribution >= 0.6 is 15.6 Å². The molecular formula is C72H140O17P2. The molecule has 3 unspecified atom stereocenters. The van der Waals surface area contributed by atoms with Crippen LogP contribution in [0.2, 0.25) is 0 Å². The summed E-state index contributed by atoms with van der Waals surface area (Å²) in [5.74, 6) is 0.851. The lowest BCUT2D eigenvalue weighted by Gasteiger charge is -2.21. The Morgan fingerprint density at radius 3 is 0.780 bits per heavy atom. The summed E-state index contributed by atoms with van der Waals surface area (Å²) in [7, 11) is -9.90. The molecule has 0 aliphatic rings. The molecule has 0 aliphatic heterocycles. The smallest absolute Gasteiger partial charge is 0.462 e. The van der Waals surface area contributed by atoms with Gasteiger partial charge in [-0.3, -0.25) is 37.3 Å². The third-order valence-corrected chi connectivity index (χ3v) is 18.8. The maximum Gasteiger partial charge on any atom is 0.472 e. The summed E-state index contributed by atoms with van der Waals surface area (Å²) < 4.78 is 68.3. The Morgan fingerprint density at radius 1 is 0.308 bits per heavy atom. The second kappa shape index (κ2) is 61.6. The topological polar surface area (TPSA) is 237 Å². The molecular weight excluding hydrogens is 1200 g/mol. The first-order chi connectivity index (χ1) is 43.6. The van der Waals surface area contributed by atoms with Crippen LogP contribution in [0.5, 0.6) is 0 Å². The number of phosphoric acid groups is 2. The molecule has 17 nitrogen and oxygen atoms in total. The van der Waals surface area contributed by atoms with Crippen molar-refractivity contribution in [2.75, 3.05) is 39.6 Å². The van der Waals surface area contributed by atoms with E-state index in [0.29, 0.717) is 37.5 Å². The van der Waals surface area contributed by atoms with Crippen LogP contribution in [0.1, 0.15) is 357 Å². The molecule has 0 spiro atoms. The summed E-state index contributed by atoms with van der Waals surface area (Å²) >= 11 is 0. The molecule has 0 aromatic carbocycles. The summed E-state index contributed by atoms with van der Waals surface area (Å²) in [5.41, 5.74) is 0. The average molecular weight is 1340 g/mol. The van der Waals surface area contributed by atoms with Crippen molar-refractivity contribution in [3.63, 3.8) is 0 Å². The van der Waals surface area contributed by atoms with Crippen LogP contribution in [0.4, 0.5) is 0 Å². The Balaban J connectivity index is 5.19. The Labute approximate surface area is 556 Å². The van der Waals surface area contributed by atoms with Crippen molar-refractivity contribution in [2.24, 2.45) is 23.7 Å². The highest BCUT2D eigenvalue weighted by molar-refractivity contribution is 7.47. The number of aliphatic hydroxyl groups is 1. The Hall–Kier alpha value is -1.94. The van der Waals surface area contributed by atoms with Gasteiger partial charge in [-0.15, -0.1) is 0 Å². The van der Waals surface area contributed by atoms with Crippen LogP contribution in [0, 0.1) is 23.7 Å². The minimum atomic E-state index is -4.95. The highest BCUT2D eigenvalue weighted by atomic mass is 31.2. The van der Waals surface area contributed by atoms with E-state index < -0.39 is 97.5 Å². The van der Waals surface area contributed by atoms with Crippen molar-refractivity contribution in [3.05, 3.63) is 0 Å². The minimum Gasteiger partial charge on any atom is -0.462 e. The molecule has 540 valence electrons. The number of ether oxygens (including phenoxy) is 4. The van der Waals surface area contributed by atoms with E-state index in [1.165, 1.54) is 148 Å². The van der Waals surface area contributed by atoms with Crippen LogP contribution in [0.3, 0.4) is 0 Å². The van der Waals surface area contributed by atoms with Crippen molar-refractivity contribution in [2.45, 2.75) is 375 Å². The van der Waals surface area contributed by atoms with Crippen LogP contribution in [-0.4, -0.2) is 96.7 Å². The SMILES string of the molecule is CCC(C)CCCCCCCCCCCCCCCCC(=O)O[C@H](COC(=O)CCCCCCCCC(C)C)COP(=O)(O)OC[C@@H](O)COP(=O)(O)OC[C@@H](COC(=O)CCCCCCCCC(C)C)OC(=O)CCCCCCCCCCCCCCC(C)C. The number of aliphatic hydroxyl groups excluding tert-OH is 1. The summed E-state index contributed by atoms with van der Waals surface area (Å²) in [6, 6.07) is 0. The molecule has 6 atom stereocenters. The molecule has 0 rings (SSSR count). The standard InChI is InChI=1S/C72H140O17P2/c1-9-65(8)51-43-35-25-21-17-12-10-11-13-18-22-26-38-46-54-71(76)88-67(58-82-69(74)52-44-36-30-28-33-41-49-63(4)5)60-86-90(78,79)84-56-66(73)57-85-91(80,81)87-61-68(59-83-70(75)53-45-37-31-29-34-42-50-64(6)7)89-72(77)55-47-39-27-23-19-15-14-16-20-24-32-40-48-62(2)3/h62-68,73H,9-61H2,1-8H3,(H,78,79)(H,80,81)/t65?,66-,67-,68-/m1/s1. The quantitative estimate of drug-likeness (QED) is 0.0222. The van der Waals surface area contributed by atoms with E-state index in [1.54, 1.807) is 0 Å². The first-order valence-corrected chi connectivity index (χ1v) is 40.2. The molecule has 0 bridgehead atoms. The number of hydrogen-bond acceptors (Lipinski definition) is 15. The summed E-state index contributed by atoms with van der Waals surface area (Å²) in [5, 5.41) is 10.6. The van der Waals surface area contributed by atoms with Crippen molar-refractivity contribution in [1.29, 1.82) is 0 Å².